The van der Waals surface area contributed by atoms with Gasteiger partial charge in [-0.05, 0) is 38.5 Å². The predicted molar refractivity (Wildman–Crippen MR) is 72.5 cm³/mol. The first kappa shape index (κ1) is 12.4. The van der Waals surface area contributed by atoms with Gasteiger partial charge < -0.3 is 9.69 Å². The van der Waals surface area contributed by atoms with Gasteiger partial charge in [-0.3, -0.25) is 9.78 Å². The summed E-state index contributed by atoms with van der Waals surface area (Å²) in [4.78, 5) is 32.5. The fourth-order valence-corrected chi connectivity index (χ4v) is 2.99. The molecule has 1 aliphatic carbocycles. The van der Waals surface area contributed by atoms with E-state index in [0.717, 1.165) is 69.2 Å². The Morgan fingerprint density at radius 1 is 1.21 bits per heavy atom. The Hall–Kier alpha value is -1.65. The second kappa shape index (κ2) is 5.15. The van der Waals surface area contributed by atoms with Crippen LogP contribution in [0.1, 0.15) is 36.9 Å². The van der Waals surface area contributed by atoms with Gasteiger partial charge in [0.05, 0.1) is 5.69 Å². The van der Waals surface area contributed by atoms with Crippen LogP contribution in [0.15, 0.2) is 4.79 Å². The Morgan fingerprint density at radius 3 is 2.68 bits per heavy atom. The van der Waals surface area contributed by atoms with Crippen molar-refractivity contribution in [3.63, 3.8) is 0 Å². The molecular formula is C14H19N3O2. The maximum absolute atomic E-state index is 12.1. The van der Waals surface area contributed by atoms with Crippen LogP contribution in [0.3, 0.4) is 0 Å². The molecule has 5 heteroatoms. The van der Waals surface area contributed by atoms with Gasteiger partial charge in [-0.15, -0.1) is 0 Å². The Labute approximate surface area is 112 Å². The van der Waals surface area contributed by atoms with Crippen LogP contribution >= 0.6 is 0 Å². The molecule has 1 saturated heterocycles. The number of aldehydes is 1. The number of carbonyl (C=O) groups excluding carboxylic acids is 1. The van der Waals surface area contributed by atoms with Gasteiger partial charge in [-0.1, -0.05) is 0 Å². The minimum absolute atomic E-state index is 0.0252. The number of nitrogens with one attached hydrogen (secondary N) is 1. The van der Waals surface area contributed by atoms with Crippen LogP contribution in [-0.4, -0.2) is 29.3 Å². The minimum atomic E-state index is 0.0252. The zero-order valence-corrected chi connectivity index (χ0v) is 11.0. The van der Waals surface area contributed by atoms with Crippen molar-refractivity contribution in [3.8, 4) is 0 Å². The quantitative estimate of drug-likeness (QED) is 0.809. The maximum Gasteiger partial charge on any atom is 0.255 e. The highest BCUT2D eigenvalue weighted by Crippen LogP contribution is 2.21. The molecule has 19 heavy (non-hydrogen) atoms. The Balaban J connectivity index is 1.84. The number of aromatic nitrogens is 2. The lowest BCUT2D eigenvalue weighted by atomic mass is 9.97. The number of rotatable bonds is 2. The predicted octanol–water partition coefficient (Wildman–Crippen LogP) is 1.06. The van der Waals surface area contributed by atoms with Crippen LogP contribution in [0.25, 0.3) is 0 Å². The van der Waals surface area contributed by atoms with Gasteiger partial charge in [-0.2, -0.15) is 0 Å². The van der Waals surface area contributed by atoms with E-state index in [4.69, 9.17) is 0 Å². The molecule has 0 atom stereocenters. The summed E-state index contributed by atoms with van der Waals surface area (Å²) in [7, 11) is 0. The van der Waals surface area contributed by atoms with Crippen molar-refractivity contribution >= 4 is 12.2 Å². The minimum Gasteiger partial charge on any atom is -0.342 e. The molecular weight excluding hydrogens is 242 g/mol. The van der Waals surface area contributed by atoms with Crippen LogP contribution < -0.4 is 10.5 Å². The summed E-state index contributed by atoms with van der Waals surface area (Å²) in [6, 6.07) is 0. The van der Waals surface area contributed by atoms with Gasteiger partial charge in [0.25, 0.3) is 5.56 Å². The van der Waals surface area contributed by atoms with Gasteiger partial charge in [-0.25, -0.2) is 4.98 Å². The van der Waals surface area contributed by atoms with Crippen molar-refractivity contribution in [1.82, 2.24) is 9.97 Å². The highest BCUT2D eigenvalue weighted by molar-refractivity contribution is 5.54. The number of aryl methyl sites for hydroxylation is 1. The average Bonchev–Trinajstić information content (AvgIpc) is 2.47. The molecule has 0 bridgehead atoms. The summed E-state index contributed by atoms with van der Waals surface area (Å²) < 4.78 is 0. The molecule has 0 amide bonds. The molecule has 102 valence electrons. The van der Waals surface area contributed by atoms with Crippen molar-refractivity contribution in [2.45, 2.75) is 38.5 Å². The monoisotopic (exact) mass is 261 g/mol. The van der Waals surface area contributed by atoms with Crippen molar-refractivity contribution in [3.05, 3.63) is 21.6 Å². The lowest BCUT2D eigenvalue weighted by Gasteiger charge is -2.30. The number of hydrogen-bond acceptors (Lipinski definition) is 4. The SMILES string of the molecule is O=CC1CCN(c2nc3c(c(=O)[nH]2)CCCC3)CC1. The van der Waals surface area contributed by atoms with E-state index in [0.29, 0.717) is 5.95 Å². The van der Waals surface area contributed by atoms with E-state index in [-0.39, 0.29) is 11.5 Å². The number of hydrogen-bond donors (Lipinski definition) is 1. The molecule has 1 N–H and O–H groups in total. The Kier molecular flexibility index (Phi) is 3.36. The fraction of sp³-hybridized carbons (Fsp3) is 0.643. The van der Waals surface area contributed by atoms with Crippen molar-refractivity contribution in [2.75, 3.05) is 18.0 Å². The van der Waals surface area contributed by atoms with E-state index >= 15 is 0 Å². The highest BCUT2D eigenvalue weighted by atomic mass is 16.1. The van der Waals surface area contributed by atoms with E-state index in [2.05, 4.69) is 14.9 Å². The van der Waals surface area contributed by atoms with Gasteiger partial charge in [0.15, 0.2) is 0 Å². The standard InChI is InChI=1S/C14H19N3O2/c18-9-10-5-7-17(8-6-10)14-15-12-4-2-1-3-11(12)13(19)16-14/h9-10H,1-8H2,(H,15,16,19). The molecule has 1 fully saturated rings. The third-order valence-corrected chi connectivity index (χ3v) is 4.21. The first-order valence-corrected chi connectivity index (χ1v) is 7.10. The van der Waals surface area contributed by atoms with E-state index < -0.39 is 0 Å². The molecule has 0 radical (unpaired) electrons. The molecule has 0 spiro atoms. The zero-order chi connectivity index (χ0) is 13.2. The second-order valence-electron chi connectivity index (χ2n) is 5.48. The second-order valence-corrected chi connectivity index (χ2v) is 5.48. The third-order valence-electron chi connectivity index (χ3n) is 4.21. The number of piperidine rings is 1. The van der Waals surface area contributed by atoms with Crippen molar-refractivity contribution in [1.29, 1.82) is 0 Å². The molecule has 5 nitrogen and oxygen atoms in total. The lowest BCUT2D eigenvalue weighted by Crippen LogP contribution is -2.37. The van der Waals surface area contributed by atoms with Gasteiger partial charge in [0.2, 0.25) is 5.95 Å². The number of nitrogens with zero attached hydrogens (tertiary/aromatic N) is 2. The van der Waals surface area contributed by atoms with Gasteiger partial charge in [0.1, 0.15) is 6.29 Å². The Bertz CT molecular complexity index is 530. The van der Waals surface area contributed by atoms with Gasteiger partial charge >= 0.3 is 0 Å². The van der Waals surface area contributed by atoms with Gasteiger partial charge in [0, 0.05) is 24.6 Å². The molecule has 1 aromatic heterocycles. The maximum atomic E-state index is 12.1. The van der Waals surface area contributed by atoms with E-state index in [1.165, 1.54) is 0 Å². The van der Waals surface area contributed by atoms with Crippen LogP contribution in [0.2, 0.25) is 0 Å². The fourth-order valence-electron chi connectivity index (χ4n) is 2.99. The summed E-state index contributed by atoms with van der Waals surface area (Å²) in [6.45, 7) is 1.59. The number of anilines is 1. The van der Waals surface area contributed by atoms with E-state index in [9.17, 15) is 9.59 Å². The number of fused-ring (bicyclic) bond motifs is 1. The summed E-state index contributed by atoms with van der Waals surface area (Å²) in [5.74, 6) is 0.857. The van der Waals surface area contributed by atoms with Crippen LogP contribution in [-0.2, 0) is 17.6 Å². The molecule has 3 rings (SSSR count). The average molecular weight is 261 g/mol. The molecule has 1 aromatic rings. The largest absolute Gasteiger partial charge is 0.342 e. The number of aromatic amines is 1. The summed E-state index contributed by atoms with van der Waals surface area (Å²) >= 11 is 0. The summed E-state index contributed by atoms with van der Waals surface area (Å²) in [5.41, 5.74) is 1.87. The lowest BCUT2D eigenvalue weighted by molar-refractivity contribution is -0.111. The molecule has 2 heterocycles. The first-order valence-electron chi connectivity index (χ1n) is 7.10. The molecule has 2 aliphatic rings. The Morgan fingerprint density at radius 2 is 1.95 bits per heavy atom. The van der Waals surface area contributed by atoms with E-state index in [1.807, 2.05) is 0 Å². The van der Waals surface area contributed by atoms with E-state index in [1.54, 1.807) is 0 Å². The van der Waals surface area contributed by atoms with Crippen LogP contribution in [0, 0.1) is 5.92 Å². The number of carbonyl (C=O) groups is 1. The summed E-state index contributed by atoms with van der Waals surface area (Å²) in [5, 5.41) is 0. The molecule has 0 saturated carbocycles. The third kappa shape index (κ3) is 2.41. The molecule has 0 aromatic carbocycles. The number of H-pyrrole nitrogens is 1. The van der Waals surface area contributed by atoms with Crippen molar-refractivity contribution < 1.29 is 4.79 Å². The molecule has 0 unspecified atom stereocenters. The normalized spacial score (nSPS) is 20.1. The topological polar surface area (TPSA) is 66.1 Å². The van der Waals surface area contributed by atoms with Crippen LogP contribution in [0.4, 0.5) is 5.95 Å². The molecule has 1 aliphatic heterocycles. The highest BCUT2D eigenvalue weighted by Gasteiger charge is 2.22. The first-order chi connectivity index (χ1) is 9.28. The van der Waals surface area contributed by atoms with Crippen molar-refractivity contribution in [2.24, 2.45) is 5.92 Å². The summed E-state index contributed by atoms with van der Waals surface area (Å²) in [6.07, 6.45) is 6.72. The van der Waals surface area contributed by atoms with Crippen LogP contribution in [0.5, 0.6) is 0 Å². The zero-order valence-electron chi connectivity index (χ0n) is 11.0. The smallest absolute Gasteiger partial charge is 0.255 e.